The Kier molecular flexibility index (Phi) is 6.63. The molecule has 124 valence electrons. The van der Waals surface area contributed by atoms with E-state index in [0.717, 1.165) is 39.3 Å². The maximum Gasteiger partial charge on any atom is 0.240 e. The molecule has 1 fully saturated rings. The maximum atomic E-state index is 12.2. The zero-order valence-electron chi connectivity index (χ0n) is 13.0. The molecule has 1 N–H and O–H groups in total. The molecule has 1 aromatic rings. The lowest BCUT2D eigenvalue weighted by Gasteiger charge is -2.26. The van der Waals surface area contributed by atoms with Gasteiger partial charge >= 0.3 is 0 Å². The standard InChI is InChI=1S/C15H24N2O4S/c1-2-21-14-4-6-15(7-5-14)22(18,19)16-8-3-9-17-10-12-20-13-11-17/h4-7,16H,2-3,8-13H2,1H3. The first kappa shape index (κ1) is 17.2. The van der Waals surface area contributed by atoms with Crippen LogP contribution in [0.4, 0.5) is 0 Å². The molecule has 1 aromatic carbocycles. The summed E-state index contributed by atoms with van der Waals surface area (Å²) in [5.74, 6) is 0.675. The number of nitrogens with zero attached hydrogens (tertiary/aromatic N) is 1. The van der Waals surface area contributed by atoms with Crippen LogP contribution in [0.25, 0.3) is 0 Å². The van der Waals surface area contributed by atoms with E-state index in [1.54, 1.807) is 24.3 Å². The molecular formula is C15H24N2O4S. The molecule has 1 aliphatic heterocycles. The summed E-state index contributed by atoms with van der Waals surface area (Å²) in [5.41, 5.74) is 0. The van der Waals surface area contributed by atoms with E-state index in [4.69, 9.17) is 9.47 Å². The van der Waals surface area contributed by atoms with E-state index >= 15 is 0 Å². The molecule has 22 heavy (non-hydrogen) atoms. The van der Waals surface area contributed by atoms with Gasteiger partial charge in [-0.1, -0.05) is 0 Å². The van der Waals surface area contributed by atoms with Crippen LogP contribution < -0.4 is 9.46 Å². The molecule has 0 bridgehead atoms. The highest BCUT2D eigenvalue weighted by atomic mass is 32.2. The van der Waals surface area contributed by atoms with Crippen LogP contribution in [-0.4, -0.2) is 59.3 Å². The molecule has 0 aromatic heterocycles. The average molecular weight is 328 g/mol. The van der Waals surface area contributed by atoms with Crippen LogP contribution in [0.5, 0.6) is 5.75 Å². The Hall–Kier alpha value is -1.15. The van der Waals surface area contributed by atoms with E-state index < -0.39 is 10.0 Å². The first-order chi connectivity index (χ1) is 10.6. The molecule has 0 unspecified atom stereocenters. The van der Waals surface area contributed by atoms with Crippen LogP contribution >= 0.6 is 0 Å². The molecule has 0 saturated carbocycles. The van der Waals surface area contributed by atoms with Crippen LogP contribution in [0.1, 0.15) is 13.3 Å². The second-order valence-corrected chi connectivity index (χ2v) is 6.88. The molecule has 0 radical (unpaired) electrons. The smallest absolute Gasteiger partial charge is 0.240 e. The number of sulfonamides is 1. The Morgan fingerprint density at radius 2 is 1.91 bits per heavy atom. The molecule has 7 heteroatoms. The molecule has 0 spiro atoms. The highest BCUT2D eigenvalue weighted by Crippen LogP contribution is 2.15. The summed E-state index contributed by atoms with van der Waals surface area (Å²) in [6.45, 7) is 7.14. The Labute approximate surface area is 132 Å². The normalized spacial score (nSPS) is 16.6. The van der Waals surface area contributed by atoms with E-state index in [1.165, 1.54) is 0 Å². The summed E-state index contributed by atoms with van der Waals surface area (Å²) in [7, 11) is -3.44. The summed E-state index contributed by atoms with van der Waals surface area (Å²) in [4.78, 5) is 2.55. The topological polar surface area (TPSA) is 67.9 Å². The van der Waals surface area contributed by atoms with E-state index in [2.05, 4.69) is 9.62 Å². The van der Waals surface area contributed by atoms with Gasteiger partial charge in [0.05, 0.1) is 24.7 Å². The number of hydrogen-bond acceptors (Lipinski definition) is 5. The molecule has 1 heterocycles. The van der Waals surface area contributed by atoms with Crippen molar-refractivity contribution in [3.8, 4) is 5.75 Å². The lowest BCUT2D eigenvalue weighted by atomic mass is 10.3. The quantitative estimate of drug-likeness (QED) is 0.724. The van der Waals surface area contributed by atoms with Crippen molar-refractivity contribution in [2.24, 2.45) is 0 Å². The molecule has 2 rings (SSSR count). The summed E-state index contributed by atoms with van der Waals surface area (Å²) in [6.07, 6.45) is 0.788. The molecule has 1 aliphatic rings. The summed E-state index contributed by atoms with van der Waals surface area (Å²) >= 11 is 0. The Balaban J connectivity index is 1.77. The largest absolute Gasteiger partial charge is 0.494 e. The minimum Gasteiger partial charge on any atom is -0.494 e. The monoisotopic (exact) mass is 328 g/mol. The van der Waals surface area contributed by atoms with Gasteiger partial charge in [0.25, 0.3) is 0 Å². The van der Waals surface area contributed by atoms with Crippen molar-refractivity contribution in [3.63, 3.8) is 0 Å². The SMILES string of the molecule is CCOc1ccc(S(=O)(=O)NCCCN2CCOCC2)cc1. The molecule has 0 amide bonds. The van der Waals surface area contributed by atoms with Gasteiger partial charge in [-0.25, -0.2) is 13.1 Å². The molecular weight excluding hydrogens is 304 g/mol. The molecule has 1 saturated heterocycles. The molecule has 0 atom stereocenters. The highest BCUT2D eigenvalue weighted by molar-refractivity contribution is 7.89. The third-order valence-electron chi connectivity index (χ3n) is 3.49. The van der Waals surface area contributed by atoms with Crippen molar-refractivity contribution in [1.82, 2.24) is 9.62 Å². The van der Waals surface area contributed by atoms with Gasteiger partial charge in [0, 0.05) is 19.6 Å². The number of rotatable bonds is 8. The zero-order chi connectivity index (χ0) is 15.8. The molecule has 0 aliphatic carbocycles. The van der Waals surface area contributed by atoms with Crippen LogP contribution in [0.3, 0.4) is 0 Å². The predicted molar refractivity (Wildman–Crippen MR) is 84.7 cm³/mol. The van der Waals surface area contributed by atoms with E-state index in [9.17, 15) is 8.42 Å². The van der Waals surface area contributed by atoms with Crippen LogP contribution in [0.2, 0.25) is 0 Å². The number of morpholine rings is 1. The highest BCUT2D eigenvalue weighted by Gasteiger charge is 2.14. The fraction of sp³-hybridized carbons (Fsp3) is 0.600. The van der Waals surface area contributed by atoms with Crippen molar-refractivity contribution < 1.29 is 17.9 Å². The lowest BCUT2D eigenvalue weighted by Crippen LogP contribution is -2.38. The Morgan fingerprint density at radius 3 is 2.55 bits per heavy atom. The van der Waals surface area contributed by atoms with Gasteiger partial charge in [-0.15, -0.1) is 0 Å². The van der Waals surface area contributed by atoms with Crippen molar-refractivity contribution in [1.29, 1.82) is 0 Å². The van der Waals surface area contributed by atoms with Crippen molar-refractivity contribution in [2.45, 2.75) is 18.2 Å². The zero-order valence-corrected chi connectivity index (χ0v) is 13.8. The van der Waals surface area contributed by atoms with Gasteiger partial charge in [-0.05, 0) is 44.2 Å². The van der Waals surface area contributed by atoms with Gasteiger partial charge in [0.15, 0.2) is 0 Å². The van der Waals surface area contributed by atoms with Crippen LogP contribution in [0, 0.1) is 0 Å². The minimum atomic E-state index is -3.44. The first-order valence-electron chi connectivity index (χ1n) is 7.64. The van der Waals surface area contributed by atoms with E-state index in [1.807, 2.05) is 6.92 Å². The lowest BCUT2D eigenvalue weighted by molar-refractivity contribution is 0.0376. The minimum absolute atomic E-state index is 0.266. The number of benzene rings is 1. The number of hydrogen-bond donors (Lipinski definition) is 1. The fourth-order valence-corrected chi connectivity index (χ4v) is 3.37. The van der Waals surface area contributed by atoms with Crippen molar-refractivity contribution in [2.75, 3.05) is 46.0 Å². The first-order valence-corrected chi connectivity index (χ1v) is 9.13. The number of ether oxygens (including phenoxy) is 2. The van der Waals surface area contributed by atoms with Gasteiger partial charge in [-0.3, -0.25) is 4.90 Å². The second kappa shape index (κ2) is 8.47. The number of nitrogens with one attached hydrogen (secondary N) is 1. The van der Waals surface area contributed by atoms with Crippen molar-refractivity contribution >= 4 is 10.0 Å². The fourth-order valence-electron chi connectivity index (χ4n) is 2.30. The summed E-state index contributed by atoms with van der Waals surface area (Å²) in [5, 5.41) is 0. The Bertz CT molecular complexity index is 539. The van der Waals surface area contributed by atoms with E-state index in [-0.39, 0.29) is 4.90 Å². The van der Waals surface area contributed by atoms with Gasteiger partial charge < -0.3 is 9.47 Å². The van der Waals surface area contributed by atoms with Gasteiger partial charge in [0.2, 0.25) is 10.0 Å². The predicted octanol–water partition coefficient (Wildman–Crippen LogP) is 1.09. The van der Waals surface area contributed by atoms with Gasteiger partial charge in [0.1, 0.15) is 5.75 Å². The van der Waals surface area contributed by atoms with Crippen molar-refractivity contribution in [3.05, 3.63) is 24.3 Å². The van der Waals surface area contributed by atoms with Crippen LogP contribution in [0.15, 0.2) is 29.2 Å². The third kappa shape index (κ3) is 5.24. The average Bonchev–Trinajstić information content (AvgIpc) is 2.53. The second-order valence-electron chi connectivity index (χ2n) is 5.11. The third-order valence-corrected chi connectivity index (χ3v) is 4.97. The summed E-state index contributed by atoms with van der Waals surface area (Å²) < 4.78 is 37.6. The Morgan fingerprint density at radius 1 is 1.23 bits per heavy atom. The van der Waals surface area contributed by atoms with Crippen LogP contribution in [-0.2, 0) is 14.8 Å². The summed E-state index contributed by atoms with van der Waals surface area (Å²) in [6, 6.07) is 6.47. The molecule has 6 nitrogen and oxygen atoms in total. The maximum absolute atomic E-state index is 12.2. The van der Waals surface area contributed by atoms with E-state index in [0.29, 0.717) is 18.9 Å². The van der Waals surface area contributed by atoms with Gasteiger partial charge in [-0.2, -0.15) is 0 Å².